The van der Waals surface area contributed by atoms with Gasteiger partial charge in [0.2, 0.25) is 0 Å². The lowest BCUT2D eigenvalue weighted by atomic mass is 9.97. The van der Waals surface area contributed by atoms with Crippen molar-refractivity contribution in [3.63, 3.8) is 0 Å². The number of unbranched alkanes of at least 4 members (excludes halogenated alkanes) is 2. The average Bonchev–Trinajstić information content (AvgIpc) is 2.81. The Morgan fingerprint density at radius 2 is 1.26 bits per heavy atom. The van der Waals surface area contributed by atoms with E-state index in [-0.39, 0.29) is 0 Å². The number of hydrogen-bond donors (Lipinski definition) is 0. The predicted octanol–water partition coefficient (Wildman–Crippen LogP) is 9.05. The first-order valence-electron chi connectivity index (χ1n) is 11.4. The molecule has 5 aromatic rings. The zero-order valence-corrected chi connectivity index (χ0v) is 18.1. The van der Waals surface area contributed by atoms with E-state index in [4.69, 9.17) is 0 Å². The molecule has 0 aliphatic rings. The molecule has 0 saturated heterocycles. The van der Waals surface area contributed by atoms with E-state index in [0.717, 1.165) is 0 Å². The quantitative estimate of drug-likeness (QED) is 0.151. The maximum absolute atomic E-state index is 2.34. The molecule has 0 atom stereocenters. The molecular weight excluding hydrogens is 372 g/mol. The molecule has 0 N–H and O–H groups in total. The van der Waals surface area contributed by atoms with Gasteiger partial charge in [0.1, 0.15) is 0 Å². The molecule has 5 rings (SSSR count). The lowest BCUT2D eigenvalue weighted by Crippen LogP contribution is -1.85. The zero-order chi connectivity index (χ0) is 21.0. The van der Waals surface area contributed by atoms with E-state index in [2.05, 4.69) is 110 Å². The molecule has 0 aliphatic heterocycles. The van der Waals surface area contributed by atoms with Gasteiger partial charge in [-0.2, -0.15) is 0 Å². The third kappa shape index (κ3) is 4.25. The Morgan fingerprint density at radius 3 is 2.00 bits per heavy atom. The monoisotopic (exact) mass is 400 g/mol. The number of benzene rings is 5. The summed E-state index contributed by atoms with van der Waals surface area (Å²) in [6.07, 6.45) is 9.54. The summed E-state index contributed by atoms with van der Waals surface area (Å²) in [6.45, 7) is 2.26. The molecule has 0 aliphatic carbocycles. The molecule has 5 aromatic carbocycles. The standard InChI is InChI=1S/C31H28/c1-2-3-4-8-23-13-15-24(16-14-23)17-18-25-11-7-12-28-21-29-19-26-9-5-6-10-27(26)20-30(29)22-31(25)28/h5-7,9-22H,2-4,8H2,1H3. The zero-order valence-electron chi connectivity index (χ0n) is 18.1. The van der Waals surface area contributed by atoms with Crippen LogP contribution in [0, 0.1) is 0 Å². The van der Waals surface area contributed by atoms with Crippen molar-refractivity contribution in [3.8, 4) is 0 Å². The van der Waals surface area contributed by atoms with Gasteiger partial charge in [-0.25, -0.2) is 0 Å². The van der Waals surface area contributed by atoms with E-state index in [1.165, 1.54) is 74.7 Å². The third-order valence-electron chi connectivity index (χ3n) is 6.24. The van der Waals surface area contributed by atoms with Crippen molar-refractivity contribution < 1.29 is 0 Å². The minimum atomic E-state index is 1.18. The van der Waals surface area contributed by atoms with E-state index >= 15 is 0 Å². The van der Waals surface area contributed by atoms with Crippen LogP contribution in [0.5, 0.6) is 0 Å². The van der Waals surface area contributed by atoms with Crippen LogP contribution < -0.4 is 0 Å². The highest BCUT2D eigenvalue weighted by Gasteiger charge is 2.04. The second kappa shape index (κ2) is 8.78. The Balaban J connectivity index is 1.47. The van der Waals surface area contributed by atoms with E-state index in [1.807, 2.05) is 0 Å². The highest BCUT2D eigenvalue weighted by atomic mass is 14.1. The van der Waals surface area contributed by atoms with Crippen LogP contribution in [-0.2, 0) is 6.42 Å². The number of rotatable bonds is 6. The van der Waals surface area contributed by atoms with Crippen molar-refractivity contribution in [3.05, 3.63) is 108 Å². The highest BCUT2D eigenvalue weighted by Crippen LogP contribution is 2.30. The van der Waals surface area contributed by atoms with Crippen LogP contribution in [-0.4, -0.2) is 0 Å². The topological polar surface area (TPSA) is 0 Å². The fourth-order valence-corrected chi connectivity index (χ4v) is 4.45. The molecule has 152 valence electrons. The molecule has 0 bridgehead atoms. The van der Waals surface area contributed by atoms with Crippen molar-refractivity contribution in [1.82, 2.24) is 0 Å². The highest BCUT2D eigenvalue weighted by molar-refractivity contribution is 6.06. The molecular formula is C31H28. The van der Waals surface area contributed by atoms with Crippen LogP contribution in [0.2, 0.25) is 0 Å². The molecule has 0 aromatic heterocycles. The first kappa shape index (κ1) is 19.6. The number of aryl methyl sites for hydroxylation is 1. The summed E-state index contributed by atoms with van der Waals surface area (Å²) in [6, 6.07) is 33.5. The van der Waals surface area contributed by atoms with Gasteiger partial charge < -0.3 is 0 Å². The minimum absolute atomic E-state index is 1.18. The van der Waals surface area contributed by atoms with Crippen molar-refractivity contribution >= 4 is 44.5 Å². The Kier molecular flexibility index (Phi) is 5.54. The maximum atomic E-state index is 2.34. The first-order valence-corrected chi connectivity index (χ1v) is 11.4. The van der Waals surface area contributed by atoms with E-state index in [0.29, 0.717) is 0 Å². The van der Waals surface area contributed by atoms with Gasteiger partial charge in [0.15, 0.2) is 0 Å². The van der Waals surface area contributed by atoms with Gasteiger partial charge in [-0.05, 0) is 86.1 Å². The number of hydrogen-bond acceptors (Lipinski definition) is 0. The minimum Gasteiger partial charge on any atom is -0.0654 e. The number of fused-ring (bicyclic) bond motifs is 3. The Bertz CT molecular complexity index is 1370. The van der Waals surface area contributed by atoms with Gasteiger partial charge in [-0.1, -0.05) is 98.6 Å². The normalized spacial score (nSPS) is 11.8. The first-order chi connectivity index (χ1) is 15.3. The molecule has 31 heavy (non-hydrogen) atoms. The van der Waals surface area contributed by atoms with Gasteiger partial charge in [0, 0.05) is 0 Å². The summed E-state index contributed by atoms with van der Waals surface area (Å²) >= 11 is 0. The van der Waals surface area contributed by atoms with E-state index in [1.54, 1.807) is 0 Å². The SMILES string of the molecule is CCCCCc1ccc(C=Cc2cccc3cc4cc5ccccc5cc4cc23)cc1. The molecule has 0 amide bonds. The molecule has 0 radical (unpaired) electrons. The fraction of sp³-hybridized carbons (Fsp3) is 0.161. The summed E-state index contributed by atoms with van der Waals surface area (Å²) in [5, 5.41) is 7.77. The summed E-state index contributed by atoms with van der Waals surface area (Å²) < 4.78 is 0. The lowest BCUT2D eigenvalue weighted by molar-refractivity contribution is 0.717. The van der Waals surface area contributed by atoms with Crippen LogP contribution in [0.3, 0.4) is 0 Å². The molecule has 0 unspecified atom stereocenters. The Hall–Kier alpha value is -3.38. The average molecular weight is 401 g/mol. The van der Waals surface area contributed by atoms with Gasteiger partial charge in [0.25, 0.3) is 0 Å². The van der Waals surface area contributed by atoms with Crippen LogP contribution in [0.4, 0.5) is 0 Å². The van der Waals surface area contributed by atoms with Crippen molar-refractivity contribution in [2.45, 2.75) is 32.6 Å². The van der Waals surface area contributed by atoms with E-state index in [9.17, 15) is 0 Å². The maximum Gasteiger partial charge on any atom is -0.0105 e. The summed E-state index contributed by atoms with van der Waals surface area (Å²) in [5.41, 5.74) is 3.96. The predicted molar refractivity (Wildman–Crippen MR) is 138 cm³/mol. The fourth-order valence-electron chi connectivity index (χ4n) is 4.45. The van der Waals surface area contributed by atoms with Crippen molar-refractivity contribution in [1.29, 1.82) is 0 Å². The summed E-state index contributed by atoms with van der Waals surface area (Å²) in [5.74, 6) is 0. The van der Waals surface area contributed by atoms with Crippen LogP contribution in [0.1, 0.15) is 42.9 Å². The Morgan fingerprint density at radius 1 is 0.581 bits per heavy atom. The van der Waals surface area contributed by atoms with Crippen LogP contribution in [0.25, 0.3) is 44.5 Å². The van der Waals surface area contributed by atoms with Crippen molar-refractivity contribution in [2.75, 3.05) is 0 Å². The van der Waals surface area contributed by atoms with E-state index < -0.39 is 0 Å². The molecule has 0 saturated carbocycles. The second-order valence-electron chi connectivity index (χ2n) is 8.50. The van der Waals surface area contributed by atoms with Crippen LogP contribution >= 0.6 is 0 Å². The largest absolute Gasteiger partial charge is 0.0654 e. The van der Waals surface area contributed by atoms with Gasteiger partial charge in [0.05, 0.1) is 0 Å². The molecule has 0 heterocycles. The van der Waals surface area contributed by atoms with Gasteiger partial charge in [-0.3, -0.25) is 0 Å². The lowest BCUT2D eigenvalue weighted by Gasteiger charge is -2.08. The van der Waals surface area contributed by atoms with Crippen LogP contribution in [0.15, 0.2) is 91.0 Å². The third-order valence-corrected chi connectivity index (χ3v) is 6.24. The van der Waals surface area contributed by atoms with Crippen molar-refractivity contribution in [2.24, 2.45) is 0 Å². The second-order valence-corrected chi connectivity index (χ2v) is 8.50. The molecule has 0 heteroatoms. The molecule has 0 spiro atoms. The smallest absolute Gasteiger partial charge is 0.0105 e. The molecule has 0 nitrogen and oxygen atoms in total. The van der Waals surface area contributed by atoms with Gasteiger partial charge in [-0.15, -0.1) is 0 Å². The summed E-state index contributed by atoms with van der Waals surface area (Å²) in [7, 11) is 0. The summed E-state index contributed by atoms with van der Waals surface area (Å²) in [4.78, 5) is 0. The molecule has 0 fully saturated rings. The Labute approximate surface area is 184 Å². The van der Waals surface area contributed by atoms with Gasteiger partial charge >= 0.3 is 0 Å².